The van der Waals surface area contributed by atoms with Crippen LogP contribution in [0.2, 0.25) is 0 Å². The van der Waals surface area contributed by atoms with E-state index in [0.29, 0.717) is 17.8 Å². The molecule has 1 aliphatic heterocycles. The average Bonchev–Trinajstić information content (AvgIpc) is 2.64. The van der Waals surface area contributed by atoms with E-state index >= 15 is 0 Å². The number of fused-ring (bicyclic) bond motifs is 1. The summed E-state index contributed by atoms with van der Waals surface area (Å²) in [5.74, 6) is -0.102. The lowest BCUT2D eigenvalue weighted by atomic mass is 10.2. The zero-order valence-corrected chi connectivity index (χ0v) is 15.0. The van der Waals surface area contributed by atoms with Crippen LogP contribution < -0.4 is 10.0 Å². The molecule has 3 rings (SSSR count). The first-order valence-electron chi connectivity index (χ1n) is 7.53. The zero-order chi connectivity index (χ0) is 17.3. The SMILES string of the molecule is Cc1ccc(NS(=O)(=O)c2ccc3c(c2)NC(=O)C[C@H](C)S3)cc1. The molecule has 0 fully saturated rings. The summed E-state index contributed by atoms with van der Waals surface area (Å²) < 4.78 is 27.7. The number of hydrogen-bond acceptors (Lipinski definition) is 4. The first-order chi connectivity index (χ1) is 11.3. The largest absolute Gasteiger partial charge is 0.325 e. The highest BCUT2D eigenvalue weighted by Gasteiger charge is 2.22. The predicted octanol–water partition coefficient (Wildman–Crippen LogP) is 3.62. The van der Waals surface area contributed by atoms with Gasteiger partial charge in [0.1, 0.15) is 0 Å². The Morgan fingerprint density at radius 2 is 1.88 bits per heavy atom. The molecule has 1 amide bonds. The van der Waals surface area contributed by atoms with Crippen LogP contribution in [0.3, 0.4) is 0 Å². The number of amides is 1. The molecule has 0 aliphatic carbocycles. The van der Waals surface area contributed by atoms with Gasteiger partial charge in [-0.3, -0.25) is 9.52 Å². The van der Waals surface area contributed by atoms with Gasteiger partial charge in [-0.15, -0.1) is 11.8 Å². The van der Waals surface area contributed by atoms with Crippen molar-refractivity contribution in [2.45, 2.75) is 35.3 Å². The van der Waals surface area contributed by atoms with E-state index in [0.717, 1.165) is 10.5 Å². The molecule has 0 spiro atoms. The molecule has 1 aliphatic rings. The highest BCUT2D eigenvalue weighted by Crippen LogP contribution is 2.36. The number of hydrogen-bond donors (Lipinski definition) is 2. The number of nitrogens with one attached hydrogen (secondary N) is 2. The molecule has 0 unspecified atom stereocenters. The lowest BCUT2D eigenvalue weighted by molar-refractivity contribution is -0.116. The van der Waals surface area contributed by atoms with Gasteiger partial charge in [0.2, 0.25) is 5.91 Å². The molecule has 0 saturated carbocycles. The molecular weight excluding hydrogens is 344 g/mol. The number of carbonyl (C=O) groups is 1. The lowest BCUT2D eigenvalue weighted by Gasteiger charge is -2.12. The Morgan fingerprint density at radius 3 is 2.58 bits per heavy atom. The van der Waals surface area contributed by atoms with Crippen LogP contribution >= 0.6 is 11.8 Å². The number of rotatable bonds is 3. The van der Waals surface area contributed by atoms with Crippen molar-refractivity contribution in [3.8, 4) is 0 Å². The van der Waals surface area contributed by atoms with Gasteiger partial charge in [0, 0.05) is 22.3 Å². The van der Waals surface area contributed by atoms with E-state index in [1.54, 1.807) is 36.0 Å². The minimum absolute atomic E-state index is 0.102. The summed E-state index contributed by atoms with van der Waals surface area (Å²) in [5, 5.41) is 2.94. The fourth-order valence-electron chi connectivity index (χ4n) is 2.43. The number of sulfonamides is 1. The molecule has 1 atom stereocenters. The van der Waals surface area contributed by atoms with E-state index in [2.05, 4.69) is 10.0 Å². The molecule has 7 heteroatoms. The molecule has 2 N–H and O–H groups in total. The highest BCUT2D eigenvalue weighted by atomic mass is 32.2. The normalized spacial score (nSPS) is 17.6. The summed E-state index contributed by atoms with van der Waals surface area (Å²) in [5.41, 5.74) is 2.10. The van der Waals surface area contributed by atoms with Crippen molar-refractivity contribution >= 4 is 39.1 Å². The number of anilines is 2. The third kappa shape index (κ3) is 3.73. The predicted molar refractivity (Wildman–Crippen MR) is 97.0 cm³/mol. The topological polar surface area (TPSA) is 75.3 Å². The van der Waals surface area contributed by atoms with Gasteiger partial charge in [-0.2, -0.15) is 0 Å². The van der Waals surface area contributed by atoms with Crippen LogP contribution in [0.25, 0.3) is 0 Å². The van der Waals surface area contributed by atoms with Crippen LogP contribution in [0, 0.1) is 6.92 Å². The number of benzene rings is 2. The Kier molecular flexibility index (Phi) is 4.56. The second kappa shape index (κ2) is 6.49. The molecule has 5 nitrogen and oxygen atoms in total. The van der Waals surface area contributed by atoms with Crippen molar-refractivity contribution in [3.05, 3.63) is 48.0 Å². The standard InChI is InChI=1S/C17H18N2O3S2/c1-11-3-5-13(6-4-11)19-24(21,22)14-7-8-16-15(10-14)18-17(20)9-12(2)23-16/h3-8,10,12,19H,9H2,1-2H3,(H,18,20)/t12-/m0/s1. The molecule has 0 radical (unpaired) electrons. The van der Waals surface area contributed by atoms with Gasteiger partial charge < -0.3 is 5.32 Å². The summed E-state index contributed by atoms with van der Waals surface area (Å²) in [6.07, 6.45) is 0.406. The second-order valence-electron chi connectivity index (χ2n) is 5.81. The van der Waals surface area contributed by atoms with Crippen LogP contribution in [0.1, 0.15) is 18.9 Å². The fraction of sp³-hybridized carbons (Fsp3) is 0.235. The van der Waals surface area contributed by atoms with Gasteiger partial charge in [-0.05, 0) is 37.3 Å². The van der Waals surface area contributed by atoms with Gasteiger partial charge in [-0.1, -0.05) is 24.6 Å². The third-order valence-electron chi connectivity index (χ3n) is 3.64. The van der Waals surface area contributed by atoms with Crippen molar-refractivity contribution in [1.29, 1.82) is 0 Å². The quantitative estimate of drug-likeness (QED) is 0.874. The first-order valence-corrected chi connectivity index (χ1v) is 9.90. The average molecular weight is 362 g/mol. The molecular formula is C17H18N2O3S2. The van der Waals surface area contributed by atoms with Crippen molar-refractivity contribution < 1.29 is 13.2 Å². The van der Waals surface area contributed by atoms with Crippen molar-refractivity contribution in [2.24, 2.45) is 0 Å². The summed E-state index contributed by atoms with van der Waals surface area (Å²) in [7, 11) is -3.71. The van der Waals surface area contributed by atoms with Crippen molar-refractivity contribution in [1.82, 2.24) is 0 Å². The molecule has 1 heterocycles. The van der Waals surface area contributed by atoms with E-state index in [1.165, 1.54) is 6.07 Å². The van der Waals surface area contributed by atoms with E-state index in [1.807, 2.05) is 26.0 Å². The molecule has 0 bridgehead atoms. The summed E-state index contributed by atoms with van der Waals surface area (Å²) in [4.78, 5) is 12.9. The number of thioether (sulfide) groups is 1. The van der Waals surface area contributed by atoms with Crippen molar-refractivity contribution in [3.63, 3.8) is 0 Å². The van der Waals surface area contributed by atoms with E-state index in [9.17, 15) is 13.2 Å². The summed E-state index contributed by atoms with van der Waals surface area (Å²) in [6.45, 7) is 3.91. The van der Waals surface area contributed by atoms with Crippen LogP contribution in [0.4, 0.5) is 11.4 Å². The second-order valence-corrected chi connectivity index (χ2v) is 8.97. The lowest BCUT2D eigenvalue weighted by Crippen LogP contribution is -2.15. The van der Waals surface area contributed by atoms with Crippen LogP contribution in [0.15, 0.2) is 52.3 Å². The van der Waals surface area contributed by atoms with Gasteiger partial charge in [0.15, 0.2) is 0 Å². The maximum Gasteiger partial charge on any atom is 0.261 e. The Morgan fingerprint density at radius 1 is 1.17 bits per heavy atom. The molecule has 0 aromatic heterocycles. The number of carbonyl (C=O) groups excluding carboxylic acids is 1. The Balaban J connectivity index is 1.91. The van der Waals surface area contributed by atoms with Crippen LogP contribution in [0.5, 0.6) is 0 Å². The van der Waals surface area contributed by atoms with Gasteiger partial charge >= 0.3 is 0 Å². The molecule has 0 saturated heterocycles. The smallest absolute Gasteiger partial charge is 0.261 e. The monoisotopic (exact) mass is 362 g/mol. The minimum Gasteiger partial charge on any atom is -0.325 e. The summed E-state index contributed by atoms with van der Waals surface area (Å²) >= 11 is 1.56. The Bertz CT molecular complexity index is 877. The van der Waals surface area contributed by atoms with E-state index in [-0.39, 0.29) is 16.1 Å². The van der Waals surface area contributed by atoms with Gasteiger partial charge in [0.05, 0.1) is 10.6 Å². The number of aryl methyl sites for hydroxylation is 1. The Hall–Kier alpha value is -1.99. The molecule has 24 heavy (non-hydrogen) atoms. The Labute approximate surface area is 145 Å². The third-order valence-corrected chi connectivity index (χ3v) is 6.20. The van der Waals surface area contributed by atoms with Gasteiger partial charge in [0.25, 0.3) is 10.0 Å². The molecule has 126 valence electrons. The maximum atomic E-state index is 12.6. The summed E-state index contributed by atoms with van der Waals surface area (Å²) in [6, 6.07) is 11.9. The van der Waals surface area contributed by atoms with E-state index in [4.69, 9.17) is 0 Å². The first kappa shape index (κ1) is 16.9. The van der Waals surface area contributed by atoms with Crippen LogP contribution in [-0.2, 0) is 14.8 Å². The van der Waals surface area contributed by atoms with Gasteiger partial charge in [-0.25, -0.2) is 8.42 Å². The molecule has 2 aromatic rings. The van der Waals surface area contributed by atoms with Crippen LogP contribution in [-0.4, -0.2) is 19.6 Å². The zero-order valence-electron chi connectivity index (χ0n) is 13.4. The minimum atomic E-state index is -3.71. The van der Waals surface area contributed by atoms with Crippen molar-refractivity contribution in [2.75, 3.05) is 10.0 Å². The van der Waals surface area contributed by atoms with E-state index < -0.39 is 10.0 Å². The fourth-order valence-corrected chi connectivity index (χ4v) is 4.57. The molecule has 2 aromatic carbocycles. The highest BCUT2D eigenvalue weighted by molar-refractivity contribution is 8.00. The maximum absolute atomic E-state index is 12.6.